The van der Waals surface area contributed by atoms with Gasteiger partial charge in [0.25, 0.3) is 0 Å². The van der Waals surface area contributed by atoms with Gasteiger partial charge in [-0.1, -0.05) is 0 Å². The maximum Gasteiger partial charge on any atom is 0.247 e. The minimum atomic E-state index is -0.225. The van der Waals surface area contributed by atoms with Crippen LogP contribution in [0.1, 0.15) is 13.8 Å². The molecule has 0 fully saturated rings. The van der Waals surface area contributed by atoms with Gasteiger partial charge < -0.3 is 10.2 Å². The molecule has 0 amide bonds. The van der Waals surface area contributed by atoms with E-state index < -0.39 is 0 Å². The average Bonchev–Trinajstić information content (AvgIpc) is 1.68. The average molecular weight is 116 g/mol. The Balaban J connectivity index is 3.36. The fourth-order valence-electron chi connectivity index (χ4n) is 0.0417. The van der Waals surface area contributed by atoms with Gasteiger partial charge in [-0.2, -0.15) is 0 Å². The van der Waals surface area contributed by atoms with Crippen LogP contribution in [-0.2, 0) is 4.43 Å². The van der Waals surface area contributed by atoms with Crippen molar-refractivity contribution in [2.75, 3.05) is 6.54 Å². The Labute approximate surface area is 47.6 Å². The molecule has 2 N–H and O–H groups in total. The molecule has 0 spiro atoms. The topological polar surface area (TPSA) is 35.2 Å². The summed E-state index contributed by atoms with van der Waals surface area (Å²) in [4.78, 5) is 0. The second-order valence-electron chi connectivity index (χ2n) is 2.07. The number of rotatable bonds is 2. The lowest BCUT2D eigenvalue weighted by Crippen LogP contribution is -2.32. The van der Waals surface area contributed by atoms with Crippen LogP contribution in [0.5, 0.6) is 0 Å². The summed E-state index contributed by atoms with van der Waals surface area (Å²) in [6.45, 7) is 4.33. The van der Waals surface area contributed by atoms with E-state index in [0.29, 0.717) is 6.54 Å². The molecule has 7 heavy (non-hydrogen) atoms. The minimum Gasteiger partial charge on any atom is -0.412 e. The molecule has 0 aromatic heterocycles. The van der Waals surface area contributed by atoms with Crippen molar-refractivity contribution < 1.29 is 4.43 Å². The first-order valence-electron chi connectivity index (χ1n) is 2.17. The van der Waals surface area contributed by atoms with Gasteiger partial charge in [0.2, 0.25) is 10.5 Å². The van der Waals surface area contributed by atoms with E-state index in [9.17, 15) is 0 Å². The molecule has 0 aliphatic carbocycles. The van der Waals surface area contributed by atoms with Crippen LogP contribution in [0.15, 0.2) is 0 Å². The Hall–Kier alpha value is 0.137. The first-order valence-corrected chi connectivity index (χ1v) is 2.58. The van der Waals surface area contributed by atoms with Crippen LogP contribution in [0.3, 0.4) is 0 Å². The summed E-state index contributed by atoms with van der Waals surface area (Å²) in [5.74, 6) is 0. The van der Waals surface area contributed by atoms with Crippen molar-refractivity contribution in [2.24, 2.45) is 5.73 Å². The molecule has 0 unspecified atom stereocenters. The summed E-state index contributed by atoms with van der Waals surface area (Å²) in [6, 6.07) is 0. The predicted octanol–water partition coefficient (Wildman–Crippen LogP) is -0.176. The zero-order valence-corrected chi connectivity index (χ0v) is 5.69. The smallest absolute Gasteiger partial charge is 0.247 e. The zero-order valence-electron chi connectivity index (χ0n) is 4.69. The summed E-state index contributed by atoms with van der Waals surface area (Å²) in [5.41, 5.74) is 5.04. The summed E-state index contributed by atoms with van der Waals surface area (Å²) < 4.78 is 4.77. The second-order valence-corrected chi connectivity index (χ2v) is 2.27. The standard InChI is InChI=1S/C4H10NOSi/c1-4(2,3-5)6-7/h3,5H2,1-2H3. The van der Waals surface area contributed by atoms with Crippen molar-refractivity contribution in [3.8, 4) is 0 Å². The summed E-state index contributed by atoms with van der Waals surface area (Å²) in [7, 11) is 2.90. The Morgan fingerprint density at radius 2 is 2.14 bits per heavy atom. The van der Waals surface area contributed by atoms with Gasteiger partial charge in [0.05, 0.1) is 5.60 Å². The summed E-state index contributed by atoms with van der Waals surface area (Å²) >= 11 is 0. The van der Waals surface area contributed by atoms with Crippen molar-refractivity contribution in [1.29, 1.82) is 0 Å². The lowest BCUT2D eigenvalue weighted by atomic mass is 10.1. The van der Waals surface area contributed by atoms with E-state index in [-0.39, 0.29) is 5.60 Å². The molecule has 0 aromatic rings. The van der Waals surface area contributed by atoms with E-state index in [1.807, 2.05) is 13.8 Å². The monoisotopic (exact) mass is 116 g/mol. The van der Waals surface area contributed by atoms with Gasteiger partial charge in [-0.15, -0.1) is 0 Å². The predicted molar refractivity (Wildman–Crippen MR) is 30.0 cm³/mol. The number of hydrogen-bond acceptors (Lipinski definition) is 2. The van der Waals surface area contributed by atoms with Crippen LogP contribution >= 0.6 is 0 Å². The molecule has 0 atom stereocenters. The van der Waals surface area contributed by atoms with E-state index in [2.05, 4.69) is 10.5 Å². The van der Waals surface area contributed by atoms with Gasteiger partial charge in [0.15, 0.2) is 0 Å². The van der Waals surface area contributed by atoms with Crippen molar-refractivity contribution in [1.82, 2.24) is 0 Å². The van der Waals surface area contributed by atoms with Gasteiger partial charge in [0, 0.05) is 6.54 Å². The highest BCUT2D eigenvalue weighted by Gasteiger charge is 2.10. The van der Waals surface area contributed by atoms with E-state index in [1.54, 1.807) is 0 Å². The summed E-state index contributed by atoms with van der Waals surface area (Å²) in [5, 5.41) is 0. The first kappa shape index (κ1) is 7.14. The molecule has 2 nitrogen and oxygen atoms in total. The van der Waals surface area contributed by atoms with Gasteiger partial charge in [-0.3, -0.25) is 0 Å². The molecule has 3 heteroatoms. The van der Waals surface area contributed by atoms with Crippen LogP contribution in [0.2, 0.25) is 0 Å². The number of nitrogens with two attached hydrogens (primary N) is 1. The van der Waals surface area contributed by atoms with Crippen LogP contribution in [0, 0.1) is 0 Å². The molecule has 0 saturated carbocycles. The Bertz CT molecular complexity index is 49.7. The summed E-state index contributed by atoms with van der Waals surface area (Å²) in [6.07, 6.45) is 0. The molecule has 0 saturated heterocycles. The molecule has 0 aliphatic rings. The molecule has 0 bridgehead atoms. The molecule has 3 radical (unpaired) electrons. The molecule has 0 aliphatic heterocycles. The van der Waals surface area contributed by atoms with Gasteiger partial charge in [0.1, 0.15) is 0 Å². The van der Waals surface area contributed by atoms with Crippen LogP contribution < -0.4 is 5.73 Å². The Kier molecular flexibility index (Phi) is 2.49. The van der Waals surface area contributed by atoms with Gasteiger partial charge >= 0.3 is 0 Å². The van der Waals surface area contributed by atoms with Crippen molar-refractivity contribution in [2.45, 2.75) is 19.4 Å². The van der Waals surface area contributed by atoms with Crippen molar-refractivity contribution >= 4 is 10.5 Å². The highest BCUT2D eigenvalue weighted by atomic mass is 28.2. The Morgan fingerprint density at radius 1 is 1.71 bits per heavy atom. The van der Waals surface area contributed by atoms with E-state index >= 15 is 0 Å². The van der Waals surface area contributed by atoms with Crippen LogP contribution in [0.4, 0.5) is 0 Å². The van der Waals surface area contributed by atoms with Crippen LogP contribution in [-0.4, -0.2) is 22.6 Å². The molecular weight excluding hydrogens is 106 g/mol. The number of hydrogen-bond donors (Lipinski definition) is 1. The zero-order chi connectivity index (χ0) is 5.91. The van der Waals surface area contributed by atoms with E-state index in [4.69, 9.17) is 10.2 Å². The quantitative estimate of drug-likeness (QED) is 0.508. The lowest BCUT2D eigenvalue weighted by Gasteiger charge is -2.19. The lowest BCUT2D eigenvalue weighted by molar-refractivity contribution is 0.133. The largest absolute Gasteiger partial charge is 0.412 e. The molecular formula is C4H10NOSi. The molecule has 0 aromatic carbocycles. The third-order valence-corrected chi connectivity index (χ3v) is 1.32. The SMILES string of the molecule is CC(C)(CN)O[Si]. The van der Waals surface area contributed by atoms with Crippen molar-refractivity contribution in [3.05, 3.63) is 0 Å². The fourth-order valence-corrected chi connectivity index (χ4v) is 0.125. The van der Waals surface area contributed by atoms with E-state index in [1.165, 1.54) is 0 Å². The molecule has 0 heterocycles. The maximum atomic E-state index is 5.26. The minimum absolute atomic E-state index is 0.225. The van der Waals surface area contributed by atoms with Gasteiger partial charge in [-0.05, 0) is 13.8 Å². The highest BCUT2D eigenvalue weighted by molar-refractivity contribution is 5.98. The second kappa shape index (κ2) is 2.45. The third kappa shape index (κ3) is 2.79. The van der Waals surface area contributed by atoms with Crippen molar-refractivity contribution in [3.63, 3.8) is 0 Å². The Morgan fingerprint density at radius 3 is 2.14 bits per heavy atom. The first-order chi connectivity index (χ1) is 3.12. The van der Waals surface area contributed by atoms with Crippen LogP contribution in [0.25, 0.3) is 0 Å². The highest BCUT2D eigenvalue weighted by Crippen LogP contribution is 2.01. The normalized spacial score (nSPS) is 12.0. The van der Waals surface area contributed by atoms with Gasteiger partial charge in [-0.25, -0.2) is 0 Å². The fraction of sp³-hybridized carbons (Fsp3) is 1.00. The third-order valence-electron chi connectivity index (χ3n) is 0.768. The maximum absolute atomic E-state index is 5.26. The molecule has 41 valence electrons. The molecule has 0 rings (SSSR count). The van der Waals surface area contributed by atoms with E-state index in [0.717, 1.165) is 0 Å².